The molecule has 0 N–H and O–H groups in total. The highest BCUT2D eigenvalue weighted by molar-refractivity contribution is 9.10. The molecule has 1 saturated heterocycles. The lowest BCUT2D eigenvalue weighted by atomic mass is 9.96. The lowest BCUT2D eigenvalue weighted by Gasteiger charge is -2.33. The first kappa shape index (κ1) is 16.7. The van der Waals surface area contributed by atoms with E-state index >= 15 is 0 Å². The number of Topliss-reactive ketones (excluding diaryl/α,β-unsaturated/α-hetero) is 1. The maximum absolute atomic E-state index is 12.3. The molecule has 0 saturated carbocycles. The lowest BCUT2D eigenvalue weighted by molar-refractivity contribution is 0.0946. The van der Waals surface area contributed by atoms with Crippen molar-refractivity contribution in [3.8, 4) is 0 Å². The van der Waals surface area contributed by atoms with Crippen LogP contribution in [0.5, 0.6) is 0 Å². The highest BCUT2D eigenvalue weighted by Gasteiger charge is 2.20. The molecule has 1 aliphatic rings. The van der Waals surface area contributed by atoms with Gasteiger partial charge in [-0.1, -0.05) is 34.1 Å². The molecule has 0 radical (unpaired) electrons. The molecule has 2 rings (SSSR count). The van der Waals surface area contributed by atoms with Crippen LogP contribution in [-0.2, 0) is 0 Å². The highest BCUT2D eigenvalue weighted by atomic mass is 79.9. The fourth-order valence-electron chi connectivity index (χ4n) is 2.99. The summed E-state index contributed by atoms with van der Waals surface area (Å²) in [7, 11) is 4.28. The molecule has 0 atom stereocenters. The molecule has 0 aromatic heterocycles. The summed E-state index contributed by atoms with van der Waals surface area (Å²) >= 11 is 3.45. The number of likely N-dealkylation sites (tertiary alicyclic amines) is 1. The number of benzene rings is 1. The number of hydrogen-bond acceptors (Lipinski definition) is 3. The van der Waals surface area contributed by atoms with Crippen LogP contribution in [-0.4, -0.2) is 55.9 Å². The average Bonchev–Trinajstić information content (AvgIpc) is 2.46. The summed E-state index contributed by atoms with van der Waals surface area (Å²) in [6, 6.07) is 7.69. The fraction of sp³-hybridized carbons (Fsp3) is 0.588. The van der Waals surface area contributed by atoms with Gasteiger partial charge in [-0.05, 0) is 52.0 Å². The summed E-state index contributed by atoms with van der Waals surface area (Å²) in [5, 5.41) is 0. The fourth-order valence-corrected chi connectivity index (χ4v) is 3.50. The third kappa shape index (κ3) is 5.20. The van der Waals surface area contributed by atoms with Crippen molar-refractivity contribution in [2.24, 2.45) is 5.92 Å². The Labute approximate surface area is 136 Å². The third-order valence-corrected chi connectivity index (χ3v) is 4.85. The standard InChI is InChI=1S/C17H25BrN2O/c1-19(2)13-14-7-10-20(11-8-14)12-9-17(21)15-5-3-4-6-16(15)18/h3-6,14H,7-13H2,1-2H3. The van der Waals surface area contributed by atoms with Gasteiger partial charge < -0.3 is 9.80 Å². The molecule has 116 valence electrons. The van der Waals surface area contributed by atoms with E-state index in [1.165, 1.54) is 19.4 Å². The van der Waals surface area contributed by atoms with Gasteiger partial charge in [-0.2, -0.15) is 0 Å². The third-order valence-electron chi connectivity index (χ3n) is 4.16. The van der Waals surface area contributed by atoms with Gasteiger partial charge in [-0.15, -0.1) is 0 Å². The van der Waals surface area contributed by atoms with Crippen LogP contribution >= 0.6 is 15.9 Å². The van der Waals surface area contributed by atoms with Crippen LogP contribution < -0.4 is 0 Å². The van der Waals surface area contributed by atoms with E-state index in [1.807, 2.05) is 24.3 Å². The Morgan fingerprint density at radius 1 is 1.29 bits per heavy atom. The second-order valence-corrected chi connectivity index (χ2v) is 7.05. The van der Waals surface area contributed by atoms with Crippen molar-refractivity contribution in [1.82, 2.24) is 9.80 Å². The van der Waals surface area contributed by atoms with E-state index < -0.39 is 0 Å². The molecule has 1 aliphatic heterocycles. The van der Waals surface area contributed by atoms with Crippen molar-refractivity contribution in [2.45, 2.75) is 19.3 Å². The summed E-state index contributed by atoms with van der Waals surface area (Å²) in [6.45, 7) is 4.32. The quantitative estimate of drug-likeness (QED) is 0.734. The van der Waals surface area contributed by atoms with Crippen LogP contribution in [0.3, 0.4) is 0 Å². The number of nitrogens with zero attached hydrogens (tertiary/aromatic N) is 2. The molecule has 1 heterocycles. The number of rotatable bonds is 6. The van der Waals surface area contributed by atoms with Gasteiger partial charge in [0, 0.05) is 29.5 Å². The van der Waals surface area contributed by atoms with E-state index in [0.717, 1.165) is 35.6 Å². The molecule has 1 aromatic carbocycles. The van der Waals surface area contributed by atoms with Crippen molar-refractivity contribution >= 4 is 21.7 Å². The Bertz CT molecular complexity index is 468. The van der Waals surface area contributed by atoms with Gasteiger partial charge in [-0.25, -0.2) is 0 Å². The summed E-state index contributed by atoms with van der Waals surface area (Å²) in [5.41, 5.74) is 0.806. The molecule has 0 aliphatic carbocycles. The van der Waals surface area contributed by atoms with Gasteiger partial charge in [0.15, 0.2) is 5.78 Å². The number of piperidine rings is 1. The predicted molar refractivity (Wildman–Crippen MR) is 90.8 cm³/mol. The Kier molecular flexibility index (Phi) is 6.40. The molecule has 1 aromatic rings. The maximum atomic E-state index is 12.3. The van der Waals surface area contributed by atoms with Crippen LogP contribution in [0.4, 0.5) is 0 Å². The van der Waals surface area contributed by atoms with Gasteiger partial charge in [0.1, 0.15) is 0 Å². The first-order chi connectivity index (χ1) is 10.1. The van der Waals surface area contributed by atoms with E-state index in [4.69, 9.17) is 0 Å². The maximum Gasteiger partial charge on any atom is 0.165 e. The zero-order valence-electron chi connectivity index (χ0n) is 13.0. The van der Waals surface area contributed by atoms with Gasteiger partial charge in [0.05, 0.1) is 0 Å². The monoisotopic (exact) mass is 352 g/mol. The number of ketones is 1. The Morgan fingerprint density at radius 3 is 2.57 bits per heavy atom. The SMILES string of the molecule is CN(C)CC1CCN(CCC(=O)c2ccccc2Br)CC1. The van der Waals surface area contributed by atoms with Crippen molar-refractivity contribution in [3.63, 3.8) is 0 Å². The lowest BCUT2D eigenvalue weighted by Crippen LogP contribution is -2.38. The van der Waals surface area contributed by atoms with E-state index in [1.54, 1.807) is 0 Å². The number of carbonyl (C=O) groups is 1. The minimum Gasteiger partial charge on any atom is -0.309 e. The molecule has 0 amide bonds. The number of hydrogen-bond donors (Lipinski definition) is 0. The zero-order chi connectivity index (χ0) is 15.2. The van der Waals surface area contributed by atoms with E-state index in [-0.39, 0.29) is 5.78 Å². The highest BCUT2D eigenvalue weighted by Crippen LogP contribution is 2.20. The Morgan fingerprint density at radius 2 is 1.95 bits per heavy atom. The van der Waals surface area contributed by atoms with Gasteiger partial charge >= 0.3 is 0 Å². The molecule has 0 bridgehead atoms. The topological polar surface area (TPSA) is 23.6 Å². The van der Waals surface area contributed by atoms with Crippen molar-refractivity contribution in [1.29, 1.82) is 0 Å². The molecular formula is C17H25BrN2O. The molecule has 0 unspecified atom stereocenters. The summed E-state index contributed by atoms with van der Waals surface area (Å²) in [6.07, 6.45) is 3.11. The molecule has 21 heavy (non-hydrogen) atoms. The zero-order valence-corrected chi connectivity index (χ0v) is 14.6. The van der Waals surface area contributed by atoms with E-state index in [2.05, 4.69) is 39.8 Å². The molecule has 4 heteroatoms. The normalized spacial score (nSPS) is 17.3. The minimum atomic E-state index is 0.234. The predicted octanol–water partition coefficient (Wildman–Crippen LogP) is 3.30. The number of halogens is 1. The summed E-state index contributed by atoms with van der Waals surface area (Å²) in [4.78, 5) is 17.0. The summed E-state index contributed by atoms with van der Waals surface area (Å²) < 4.78 is 0.902. The van der Waals surface area contributed by atoms with Gasteiger partial charge in [0.25, 0.3) is 0 Å². The average molecular weight is 353 g/mol. The first-order valence-corrected chi connectivity index (χ1v) is 8.50. The van der Waals surface area contributed by atoms with E-state index in [0.29, 0.717) is 6.42 Å². The van der Waals surface area contributed by atoms with Crippen molar-refractivity contribution in [2.75, 3.05) is 40.3 Å². The molecule has 1 fully saturated rings. The largest absolute Gasteiger partial charge is 0.309 e. The Balaban J connectivity index is 1.75. The van der Waals surface area contributed by atoms with Gasteiger partial charge in [-0.3, -0.25) is 4.79 Å². The second-order valence-electron chi connectivity index (χ2n) is 6.20. The van der Waals surface area contributed by atoms with Crippen LogP contribution in [0.25, 0.3) is 0 Å². The minimum absolute atomic E-state index is 0.234. The van der Waals surface area contributed by atoms with Crippen molar-refractivity contribution < 1.29 is 4.79 Å². The van der Waals surface area contributed by atoms with Crippen LogP contribution in [0.1, 0.15) is 29.6 Å². The smallest absolute Gasteiger partial charge is 0.165 e. The number of carbonyl (C=O) groups excluding carboxylic acids is 1. The molecule has 0 spiro atoms. The summed E-state index contributed by atoms with van der Waals surface area (Å²) in [5.74, 6) is 1.05. The van der Waals surface area contributed by atoms with Crippen LogP contribution in [0.2, 0.25) is 0 Å². The van der Waals surface area contributed by atoms with Crippen LogP contribution in [0.15, 0.2) is 28.7 Å². The first-order valence-electron chi connectivity index (χ1n) is 7.71. The molecular weight excluding hydrogens is 328 g/mol. The van der Waals surface area contributed by atoms with Crippen LogP contribution in [0, 0.1) is 5.92 Å². The molecule has 3 nitrogen and oxygen atoms in total. The van der Waals surface area contributed by atoms with Gasteiger partial charge in [0.2, 0.25) is 0 Å². The van der Waals surface area contributed by atoms with E-state index in [9.17, 15) is 4.79 Å². The van der Waals surface area contributed by atoms with Crippen molar-refractivity contribution in [3.05, 3.63) is 34.3 Å². The Hall–Kier alpha value is -0.710. The second kappa shape index (κ2) is 8.06.